The second-order valence-electron chi connectivity index (χ2n) is 1.80. The van der Waals surface area contributed by atoms with Crippen molar-refractivity contribution in [2.45, 2.75) is 6.04 Å². The number of guanidine groups is 1. The minimum atomic E-state index is -1.01. The molecule has 66 valence electrons. The number of carboxylic acid groups (broad SMARTS) is 1. The molecule has 0 saturated carbocycles. The average Bonchev–Trinajstić information content (AvgIpc) is 1.82. The van der Waals surface area contributed by atoms with Crippen molar-refractivity contribution in [2.75, 3.05) is 6.54 Å². The van der Waals surface area contributed by atoms with E-state index in [0.29, 0.717) is 0 Å². The summed E-state index contributed by atoms with van der Waals surface area (Å²) < 4.78 is 0. The van der Waals surface area contributed by atoms with Crippen LogP contribution >= 0.6 is 0 Å². The summed E-state index contributed by atoms with van der Waals surface area (Å²) in [6, 6.07) is -0.776. The Hall–Kier alpha value is -1.01. The summed E-state index contributed by atoms with van der Waals surface area (Å²) in [6.07, 6.45) is 0. The van der Waals surface area contributed by atoms with Crippen LogP contribution in [0.4, 0.5) is 0 Å². The number of halogens is 1. The summed E-state index contributed by atoms with van der Waals surface area (Å²) in [5.74, 6) is -1.13. The van der Waals surface area contributed by atoms with Gasteiger partial charge in [-0.25, -0.2) is 9.79 Å². The summed E-state index contributed by atoms with van der Waals surface area (Å²) in [5.41, 5.74) is 13.2. The van der Waals surface area contributed by atoms with E-state index in [2.05, 4.69) is 10.7 Å². The lowest BCUT2D eigenvalue weighted by atomic mass is 10.3. The van der Waals surface area contributed by atoms with Crippen molar-refractivity contribution in [3.05, 3.63) is 0 Å². The van der Waals surface area contributed by atoms with Crippen molar-refractivity contribution in [3.63, 3.8) is 0 Å². The van der Waals surface area contributed by atoms with Gasteiger partial charge < -0.3 is 34.7 Å². The molecule has 0 aromatic rings. The number of hydrogen-bond acceptors (Lipinski definition) is 2. The van der Waals surface area contributed by atoms with E-state index < -0.39 is 12.0 Å². The number of nitrogens with zero attached hydrogens (tertiary/aromatic N) is 1. The summed E-state index contributed by atoms with van der Waals surface area (Å²) in [5, 5.41) is 8.28. The molecule has 0 fully saturated rings. The van der Waals surface area contributed by atoms with Gasteiger partial charge in [-0.15, -0.1) is 0 Å². The first-order valence-corrected chi connectivity index (χ1v) is 2.65. The largest absolute Gasteiger partial charge is 1.00 e. The highest BCUT2D eigenvalue weighted by molar-refractivity contribution is 5.77. The SMILES string of the molecule is NC(N)=NCC([NH3+])C(=O)O.[Cl-]. The number of rotatable bonds is 3. The molecule has 6 nitrogen and oxygen atoms in total. The highest BCUT2D eigenvalue weighted by atomic mass is 35.5. The fraction of sp³-hybridized carbons (Fsp3) is 0.500. The van der Waals surface area contributed by atoms with Gasteiger partial charge in [0.15, 0.2) is 5.96 Å². The van der Waals surface area contributed by atoms with Gasteiger partial charge in [-0.2, -0.15) is 0 Å². The number of nitrogens with two attached hydrogens (primary N) is 2. The highest BCUT2D eigenvalue weighted by Gasteiger charge is 2.13. The van der Waals surface area contributed by atoms with Crippen LogP contribution in [-0.2, 0) is 4.79 Å². The van der Waals surface area contributed by atoms with E-state index in [9.17, 15) is 4.79 Å². The molecule has 0 rings (SSSR count). The number of hydrogen-bond donors (Lipinski definition) is 4. The normalized spacial score (nSPS) is 11.0. The van der Waals surface area contributed by atoms with Gasteiger partial charge in [0.2, 0.25) is 6.04 Å². The monoisotopic (exact) mass is 182 g/mol. The van der Waals surface area contributed by atoms with Gasteiger partial charge in [0.05, 0.1) is 0 Å². The van der Waals surface area contributed by atoms with Crippen LogP contribution in [0.5, 0.6) is 0 Å². The Bertz CT molecular complexity index is 156. The molecule has 0 aliphatic carbocycles. The topological polar surface area (TPSA) is 129 Å². The van der Waals surface area contributed by atoms with Crippen molar-refractivity contribution < 1.29 is 28.0 Å². The Balaban J connectivity index is 0. The maximum absolute atomic E-state index is 10.1. The van der Waals surface area contributed by atoms with Crippen LogP contribution in [0.1, 0.15) is 0 Å². The first-order chi connectivity index (χ1) is 4.54. The third-order valence-corrected chi connectivity index (χ3v) is 0.843. The fourth-order valence-corrected chi connectivity index (χ4v) is 0.294. The molecule has 1 atom stereocenters. The molecular weight excluding hydrogens is 172 g/mol. The van der Waals surface area contributed by atoms with E-state index in [-0.39, 0.29) is 24.9 Å². The number of carbonyl (C=O) groups is 1. The molecule has 0 aromatic heterocycles. The van der Waals surface area contributed by atoms with E-state index in [1.807, 2.05) is 0 Å². The highest BCUT2D eigenvalue weighted by Crippen LogP contribution is 1.75. The third kappa shape index (κ3) is 6.88. The summed E-state index contributed by atoms with van der Waals surface area (Å²) >= 11 is 0. The molecule has 7 heteroatoms. The molecule has 0 heterocycles. The van der Waals surface area contributed by atoms with Crippen molar-refractivity contribution >= 4 is 11.9 Å². The summed E-state index contributed by atoms with van der Waals surface area (Å²) in [6.45, 7) is 0.0255. The second-order valence-corrected chi connectivity index (χ2v) is 1.80. The van der Waals surface area contributed by atoms with Crippen LogP contribution in [0.2, 0.25) is 0 Å². The van der Waals surface area contributed by atoms with Crippen LogP contribution in [0, 0.1) is 0 Å². The van der Waals surface area contributed by atoms with Crippen molar-refractivity contribution in [2.24, 2.45) is 16.5 Å². The summed E-state index contributed by atoms with van der Waals surface area (Å²) in [7, 11) is 0. The predicted molar refractivity (Wildman–Crippen MR) is 35.0 cm³/mol. The maximum atomic E-state index is 10.1. The van der Waals surface area contributed by atoms with E-state index in [4.69, 9.17) is 16.6 Å². The molecule has 1 unspecified atom stereocenters. The molecule has 0 aliphatic heterocycles. The minimum absolute atomic E-state index is 0. The van der Waals surface area contributed by atoms with Crippen LogP contribution in [0.15, 0.2) is 4.99 Å². The Morgan fingerprint density at radius 3 is 2.36 bits per heavy atom. The second kappa shape index (κ2) is 5.75. The van der Waals surface area contributed by atoms with Crippen molar-refractivity contribution in [1.29, 1.82) is 0 Å². The van der Waals surface area contributed by atoms with Gasteiger partial charge in [-0.3, -0.25) is 0 Å². The Morgan fingerprint density at radius 1 is 1.64 bits per heavy atom. The van der Waals surface area contributed by atoms with Gasteiger partial charge in [0, 0.05) is 0 Å². The minimum Gasteiger partial charge on any atom is -1.00 e. The molecular formula is C4H11ClN4O2. The number of aliphatic imine (C=N–C) groups is 1. The van der Waals surface area contributed by atoms with E-state index in [0.717, 1.165) is 0 Å². The number of carboxylic acids is 1. The molecule has 0 amide bonds. The first-order valence-electron chi connectivity index (χ1n) is 2.65. The molecule has 0 radical (unpaired) electrons. The standard InChI is InChI=1S/C4H10N4O2.ClH/c5-2(3(9)10)1-8-4(6)7;/h2H,1,5H2,(H,9,10)(H4,6,7,8);1H. The van der Waals surface area contributed by atoms with Crippen LogP contribution < -0.4 is 29.6 Å². The molecule has 0 saturated heterocycles. The molecule has 0 aliphatic rings. The molecule has 0 aromatic carbocycles. The van der Waals surface area contributed by atoms with E-state index >= 15 is 0 Å². The number of aliphatic carboxylic acids is 1. The molecule has 11 heavy (non-hydrogen) atoms. The van der Waals surface area contributed by atoms with Gasteiger partial charge in [-0.05, 0) is 0 Å². The van der Waals surface area contributed by atoms with E-state index in [1.165, 1.54) is 0 Å². The Morgan fingerprint density at radius 2 is 2.09 bits per heavy atom. The third-order valence-electron chi connectivity index (χ3n) is 0.843. The molecule has 0 spiro atoms. The molecule has 8 N–H and O–H groups in total. The lowest BCUT2D eigenvalue weighted by molar-refractivity contribution is -0.403. The smallest absolute Gasteiger partial charge is 0.364 e. The lowest BCUT2D eigenvalue weighted by Gasteiger charge is -1.97. The van der Waals surface area contributed by atoms with Gasteiger partial charge in [0.1, 0.15) is 6.54 Å². The van der Waals surface area contributed by atoms with Crippen molar-refractivity contribution in [1.82, 2.24) is 0 Å². The zero-order valence-corrected chi connectivity index (χ0v) is 6.58. The molecule has 0 bridgehead atoms. The van der Waals surface area contributed by atoms with Crippen molar-refractivity contribution in [3.8, 4) is 0 Å². The number of quaternary nitrogens is 1. The maximum Gasteiger partial charge on any atom is 0.364 e. The fourth-order valence-electron chi connectivity index (χ4n) is 0.294. The quantitative estimate of drug-likeness (QED) is 0.256. The van der Waals surface area contributed by atoms with Crippen LogP contribution in [-0.4, -0.2) is 29.6 Å². The Labute approximate surface area is 69.9 Å². The van der Waals surface area contributed by atoms with Gasteiger partial charge in [-0.1, -0.05) is 0 Å². The van der Waals surface area contributed by atoms with Crippen LogP contribution in [0.25, 0.3) is 0 Å². The Kier molecular flexibility index (Phi) is 6.61. The summed E-state index contributed by atoms with van der Waals surface area (Å²) in [4.78, 5) is 13.6. The van der Waals surface area contributed by atoms with E-state index in [1.54, 1.807) is 0 Å². The lowest BCUT2D eigenvalue weighted by Crippen LogP contribution is -3.00. The zero-order chi connectivity index (χ0) is 8.15. The van der Waals surface area contributed by atoms with Crippen LogP contribution in [0.3, 0.4) is 0 Å². The predicted octanol–water partition coefficient (Wildman–Crippen LogP) is -6.04. The van der Waals surface area contributed by atoms with Gasteiger partial charge in [0.25, 0.3) is 0 Å². The van der Waals surface area contributed by atoms with Gasteiger partial charge >= 0.3 is 5.97 Å². The average molecular weight is 183 g/mol. The zero-order valence-electron chi connectivity index (χ0n) is 5.83. The first kappa shape index (κ1) is 12.6.